The van der Waals surface area contributed by atoms with E-state index in [4.69, 9.17) is 4.74 Å². The summed E-state index contributed by atoms with van der Waals surface area (Å²) in [6.45, 7) is 7.44. The van der Waals surface area contributed by atoms with Gasteiger partial charge in [-0.3, -0.25) is 0 Å². The molecular weight excluding hydrogens is 191 g/mol. The average Bonchev–Trinajstić information content (AvgIpc) is 2.15. The highest BCUT2D eigenvalue weighted by atomic mass is 19.1. The number of halogens is 1. The molecule has 0 aromatic heterocycles. The van der Waals surface area contributed by atoms with E-state index >= 15 is 0 Å². The summed E-state index contributed by atoms with van der Waals surface area (Å²) < 4.78 is 16.7. The van der Waals surface area contributed by atoms with E-state index < -0.39 is 6.86 Å². The summed E-state index contributed by atoms with van der Waals surface area (Å²) in [6.07, 6.45) is 8.68. The minimum Gasteiger partial charge on any atom is -0.467 e. The van der Waals surface area contributed by atoms with Crippen molar-refractivity contribution in [2.45, 2.75) is 34.1 Å². The molecular formula is C13H21FO. The van der Waals surface area contributed by atoms with Crippen molar-refractivity contribution in [3.05, 3.63) is 35.6 Å². The van der Waals surface area contributed by atoms with Crippen molar-refractivity contribution >= 4 is 0 Å². The molecule has 0 rings (SSSR count). The van der Waals surface area contributed by atoms with Gasteiger partial charge in [0.15, 0.2) is 0 Å². The molecule has 0 N–H and O–H groups in total. The molecule has 0 amide bonds. The Hall–Kier alpha value is -1.05. The fourth-order valence-electron chi connectivity index (χ4n) is 1.26. The normalized spacial score (nSPS) is 14.1. The lowest BCUT2D eigenvalue weighted by Gasteiger charge is -2.02. The maximum Gasteiger partial charge on any atom is 0.228 e. The Morgan fingerprint density at radius 1 is 1.40 bits per heavy atom. The fourth-order valence-corrected chi connectivity index (χ4v) is 1.26. The van der Waals surface area contributed by atoms with Crippen molar-refractivity contribution < 1.29 is 9.13 Å². The molecule has 0 bridgehead atoms. The number of allylic oxidation sites excluding steroid dienone is 6. The quantitative estimate of drug-likeness (QED) is 0.360. The summed E-state index contributed by atoms with van der Waals surface area (Å²) in [4.78, 5) is 0. The molecule has 1 nitrogen and oxygen atoms in total. The van der Waals surface area contributed by atoms with Gasteiger partial charge in [0, 0.05) is 6.42 Å². The lowest BCUT2D eigenvalue weighted by molar-refractivity contribution is 0.111. The zero-order valence-corrected chi connectivity index (χ0v) is 10.1. The monoisotopic (exact) mass is 212 g/mol. The Labute approximate surface area is 92.3 Å². The van der Waals surface area contributed by atoms with Crippen LogP contribution in [0, 0.1) is 5.92 Å². The van der Waals surface area contributed by atoms with E-state index in [1.165, 1.54) is 5.57 Å². The second-order valence-corrected chi connectivity index (χ2v) is 3.73. The summed E-state index contributed by atoms with van der Waals surface area (Å²) in [5.41, 5.74) is 1.30. The second kappa shape index (κ2) is 8.27. The Morgan fingerprint density at radius 2 is 2.07 bits per heavy atom. The first kappa shape index (κ1) is 13.9. The van der Waals surface area contributed by atoms with Crippen molar-refractivity contribution in [1.82, 2.24) is 0 Å². The van der Waals surface area contributed by atoms with E-state index in [0.717, 1.165) is 0 Å². The van der Waals surface area contributed by atoms with Gasteiger partial charge in [0.2, 0.25) is 6.86 Å². The van der Waals surface area contributed by atoms with Gasteiger partial charge in [0.05, 0.1) is 5.76 Å². The van der Waals surface area contributed by atoms with Crippen molar-refractivity contribution in [3.63, 3.8) is 0 Å². The van der Waals surface area contributed by atoms with E-state index in [-0.39, 0.29) is 0 Å². The molecule has 0 heterocycles. The predicted molar refractivity (Wildman–Crippen MR) is 63.2 cm³/mol. The molecule has 0 saturated heterocycles. The summed E-state index contributed by atoms with van der Waals surface area (Å²) in [6, 6.07) is 0. The third kappa shape index (κ3) is 7.98. The summed E-state index contributed by atoms with van der Waals surface area (Å²) in [5.74, 6) is 1.08. The highest BCUT2D eigenvalue weighted by Crippen LogP contribution is 2.06. The molecule has 0 fully saturated rings. The van der Waals surface area contributed by atoms with Crippen LogP contribution in [0.15, 0.2) is 35.6 Å². The van der Waals surface area contributed by atoms with Crippen molar-refractivity contribution in [1.29, 1.82) is 0 Å². The topological polar surface area (TPSA) is 9.23 Å². The Bertz CT molecular complexity index is 247. The van der Waals surface area contributed by atoms with Crippen LogP contribution in [0.2, 0.25) is 0 Å². The van der Waals surface area contributed by atoms with Crippen LogP contribution in [-0.4, -0.2) is 6.86 Å². The smallest absolute Gasteiger partial charge is 0.228 e. The number of hydrogen-bond acceptors (Lipinski definition) is 1. The Kier molecular flexibility index (Phi) is 7.69. The van der Waals surface area contributed by atoms with Crippen molar-refractivity contribution in [2.24, 2.45) is 5.92 Å². The van der Waals surface area contributed by atoms with Crippen LogP contribution in [-0.2, 0) is 4.74 Å². The van der Waals surface area contributed by atoms with Gasteiger partial charge >= 0.3 is 0 Å². The van der Waals surface area contributed by atoms with Crippen molar-refractivity contribution in [3.8, 4) is 0 Å². The summed E-state index contributed by atoms with van der Waals surface area (Å²) in [5, 5.41) is 0. The molecule has 86 valence electrons. The molecule has 0 aliphatic rings. The average molecular weight is 212 g/mol. The first-order valence-corrected chi connectivity index (χ1v) is 5.31. The number of hydrogen-bond donors (Lipinski definition) is 0. The molecule has 0 spiro atoms. The lowest BCUT2D eigenvalue weighted by atomic mass is 10.1. The Morgan fingerprint density at radius 3 is 2.53 bits per heavy atom. The molecule has 0 aromatic carbocycles. The Balaban J connectivity index is 4.21. The van der Waals surface area contributed by atoms with Crippen molar-refractivity contribution in [2.75, 3.05) is 6.86 Å². The van der Waals surface area contributed by atoms with Crippen LogP contribution in [0.5, 0.6) is 0 Å². The molecule has 0 saturated carbocycles. The molecule has 0 radical (unpaired) electrons. The number of ether oxygens (including phenoxy) is 1. The molecule has 15 heavy (non-hydrogen) atoms. The molecule has 0 aliphatic heterocycles. The number of alkyl halides is 1. The minimum absolute atomic E-state index is 0.398. The van der Waals surface area contributed by atoms with E-state index in [2.05, 4.69) is 32.9 Å². The molecule has 0 aromatic rings. The first-order valence-electron chi connectivity index (χ1n) is 5.31. The van der Waals surface area contributed by atoms with Crippen LogP contribution in [0.1, 0.15) is 34.1 Å². The highest BCUT2D eigenvalue weighted by Gasteiger charge is 1.92. The van der Waals surface area contributed by atoms with Gasteiger partial charge in [-0.05, 0) is 25.8 Å². The standard InChI is InChI=1S/C13H21FO/c1-5-13(15-10-14)8-6-7-12(4)9-11(2)3/h6-9,12H,5,10H2,1-4H3. The SMILES string of the molecule is CCC(=CC=CC(C)C=C(C)C)OCF. The highest BCUT2D eigenvalue weighted by molar-refractivity contribution is 5.12. The lowest BCUT2D eigenvalue weighted by Crippen LogP contribution is -1.88. The van der Waals surface area contributed by atoms with Crippen LogP contribution >= 0.6 is 0 Å². The third-order valence-electron chi connectivity index (χ3n) is 1.88. The van der Waals surface area contributed by atoms with Gasteiger partial charge in [-0.25, -0.2) is 4.39 Å². The first-order chi connectivity index (χ1) is 7.10. The largest absolute Gasteiger partial charge is 0.467 e. The van der Waals surface area contributed by atoms with Gasteiger partial charge in [-0.1, -0.05) is 37.6 Å². The molecule has 1 unspecified atom stereocenters. The summed E-state index contributed by atoms with van der Waals surface area (Å²) >= 11 is 0. The van der Waals surface area contributed by atoms with Gasteiger partial charge in [-0.2, -0.15) is 0 Å². The van der Waals surface area contributed by atoms with Crippen LogP contribution in [0.4, 0.5) is 4.39 Å². The zero-order chi connectivity index (χ0) is 11.7. The van der Waals surface area contributed by atoms with Gasteiger partial charge in [0.1, 0.15) is 0 Å². The second-order valence-electron chi connectivity index (χ2n) is 3.73. The fraction of sp³-hybridized carbons (Fsp3) is 0.538. The van der Waals surface area contributed by atoms with Gasteiger partial charge in [0.25, 0.3) is 0 Å². The van der Waals surface area contributed by atoms with E-state index in [1.54, 1.807) is 0 Å². The van der Waals surface area contributed by atoms with E-state index in [1.807, 2.05) is 19.1 Å². The minimum atomic E-state index is -0.753. The molecule has 0 aliphatic carbocycles. The molecule has 2 heteroatoms. The van der Waals surface area contributed by atoms with Gasteiger partial charge in [-0.15, -0.1) is 0 Å². The molecule has 1 atom stereocenters. The number of rotatable bonds is 6. The maximum absolute atomic E-state index is 11.9. The van der Waals surface area contributed by atoms with Crippen LogP contribution in [0.25, 0.3) is 0 Å². The summed E-state index contributed by atoms with van der Waals surface area (Å²) in [7, 11) is 0. The maximum atomic E-state index is 11.9. The van der Waals surface area contributed by atoms with Crippen LogP contribution < -0.4 is 0 Å². The zero-order valence-electron chi connectivity index (χ0n) is 10.1. The van der Waals surface area contributed by atoms with E-state index in [9.17, 15) is 4.39 Å². The van der Waals surface area contributed by atoms with E-state index in [0.29, 0.717) is 18.1 Å². The van der Waals surface area contributed by atoms with Crippen LogP contribution in [0.3, 0.4) is 0 Å². The van der Waals surface area contributed by atoms with Gasteiger partial charge < -0.3 is 4.74 Å². The third-order valence-corrected chi connectivity index (χ3v) is 1.88. The predicted octanol–water partition coefficient (Wildman–Crippen LogP) is 4.38.